The molecule has 6 nitrogen and oxygen atoms in total. The molecule has 1 amide bonds. The third kappa shape index (κ3) is 5.86. The summed E-state index contributed by atoms with van der Waals surface area (Å²) < 4.78 is 7.88. The summed E-state index contributed by atoms with van der Waals surface area (Å²) in [7, 11) is 0. The smallest absolute Gasteiger partial charge is 0.234 e. The second-order valence-corrected chi connectivity index (χ2v) is 8.85. The number of aromatic nitrogens is 3. The van der Waals surface area contributed by atoms with Crippen LogP contribution in [-0.2, 0) is 23.4 Å². The molecule has 0 saturated carbocycles. The average molecular weight is 425 g/mol. The highest BCUT2D eigenvalue weighted by molar-refractivity contribution is 7.99. The number of hydrogen-bond donors (Lipinski definition) is 1. The van der Waals surface area contributed by atoms with Crippen LogP contribution in [0.4, 0.5) is 5.69 Å². The van der Waals surface area contributed by atoms with E-state index < -0.39 is 0 Å². The molecule has 30 heavy (non-hydrogen) atoms. The standard InChI is InChI=1S/C23H28N4O2S/c1-5-27-20(15-29-19-13-11-17(12-14-19)23(2,3)4)25-26-22(27)30-16-21(28)24-18-9-7-6-8-10-18/h6-14H,5,15-16H2,1-4H3,(H,24,28). The fourth-order valence-corrected chi connectivity index (χ4v) is 3.72. The second-order valence-electron chi connectivity index (χ2n) is 7.91. The number of carbonyl (C=O) groups is 1. The van der Waals surface area contributed by atoms with Gasteiger partial charge in [-0.05, 0) is 42.2 Å². The Bertz CT molecular complexity index is 963. The Labute approximate surface area is 182 Å². The Hall–Kier alpha value is -2.80. The number of anilines is 1. The maximum absolute atomic E-state index is 12.2. The first-order valence-electron chi connectivity index (χ1n) is 10.00. The van der Waals surface area contributed by atoms with Crippen LogP contribution in [0.15, 0.2) is 59.8 Å². The van der Waals surface area contributed by atoms with Gasteiger partial charge in [-0.15, -0.1) is 10.2 Å². The quantitative estimate of drug-likeness (QED) is 0.521. The SMILES string of the molecule is CCn1c(COc2ccc(C(C)(C)C)cc2)nnc1SCC(=O)Nc1ccccc1. The van der Waals surface area contributed by atoms with E-state index in [0.29, 0.717) is 18.3 Å². The third-order valence-corrected chi connectivity index (χ3v) is 5.55. The molecule has 0 atom stereocenters. The van der Waals surface area contributed by atoms with Crippen molar-refractivity contribution in [3.8, 4) is 5.75 Å². The number of carbonyl (C=O) groups excluding carboxylic acids is 1. The first-order chi connectivity index (χ1) is 14.4. The molecule has 0 unspecified atom stereocenters. The van der Waals surface area contributed by atoms with Crippen molar-refractivity contribution < 1.29 is 9.53 Å². The summed E-state index contributed by atoms with van der Waals surface area (Å²) in [5.41, 5.74) is 2.16. The van der Waals surface area contributed by atoms with Crippen LogP contribution in [0.25, 0.3) is 0 Å². The molecule has 1 aromatic heterocycles. The zero-order valence-corrected chi connectivity index (χ0v) is 18.7. The Balaban J connectivity index is 1.56. The van der Waals surface area contributed by atoms with Gasteiger partial charge in [0.25, 0.3) is 0 Å². The minimum absolute atomic E-state index is 0.0754. The number of nitrogens with one attached hydrogen (secondary N) is 1. The minimum atomic E-state index is -0.0754. The molecule has 1 N–H and O–H groups in total. The van der Waals surface area contributed by atoms with Crippen LogP contribution in [0.2, 0.25) is 0 Å². The van der Waals surface area contributed by atoms with Crippen molar-refractivity contribution in [3.05, 3.63) is 66.0 Å². The number of rotatable bonds is 8. The van der Waals surface area contributed by atoms with Gasteiger partial charge in [0, 0.05) is 12.2 Å². The summed E-state index contributed by atoms with van der Waals surface area (Å²) in [4.78, 5) is 12.2. The van der Waals surface area contributed by atoms with Crippen molar-refractivity contribution in [2.24, 2.45) is 0 Å². The number of hydrogen-bond acceptors (Lipinski definition) is 5. The summed E-state index contributed by atoms with van der Waals surface area (Å²) in [6.45, 7) is 9.62. The normalized spacial score (nSPS) is 11.3. The lowest BCUT2D eigenvalue weighted by atomic mass is 9.87. The van der Waals surface area contributed by atoms with Crippen molar-refractivity contribution in [2.75, 3.05) is 11.1 Å². The molecule has 158 valence electrons. The molecule has 2 aromatic carbocycles. The van der Waals surface area contributed by atoms with Gasteiger partial charge in [0.2, 0.25) is 5.91 Å². The fourth-order valence-electron chi connectivity index (χ4n) is 2.90. The Kier molecular flexibility index (Phi) is 7.15. The van der Waals surface area contributed by atoms with E-state index >= 15 is 0 Å². The number of para-hydroxylation sites is 1. The van der Waals surface area contributed by atoms with Crippen LogP contribution < -0.4 is 10.1 Å². The molecule has 0 spiro atoms. The van der Waals surface area contributed by atoms with Crippen LogP contribution in [0.5, 0.6) is 5.75 Å². The van der Waals surface area contributed by atoms with Gasteiger partial charge in [0.1, 0.15) is 12.4 Å². The summed E-state index contributed by atoms with van der Waals surface area (Å²) in [6, 6.07) is 17.6. The molecule has 3 aromatic rings. The molecular weight excluding hydrogens is 396 g/mol. The van der Waals surface area contributed by atoms with Gasteiger partial charge in [-0.25, -0.2) is 0 Å². The van der Waals surface area contributed by atoms with E-state index in [0.717, 1.165) is 17.3 Å². The molecule has 0 bridgehead atoms. The molecule has 0 aliphatic heterocycles. The fraction of sp³-hybridized carbons (Fsp3) is 0.348. The predicted molar refractivity (Wildman–Crippen MR) is 121 cm³/mol. The first kappa shape index (κ1) is 21.9. The van der Waals surface area contributed by atoms with Crippen LogP contribution in [-0.4, -0.2) is 26.4 Å². The number of amides is 1. The van der Waals surface area contributed by atoms with Crippen molar-refractivity contribution >= 4 is 23.4 Å². The van der Waals surface area contributed by atoms with Crippen LogP contribution >= 0.6 is 11.8 Å². The van der Waals surface area contributed by atoms with E-state index in [1.54, 1.807) is 0 Å². The molecule has 7 heteroatoms. The van der Waals surface area contributed by atoms with Crippen LogP contribution in [0, 0.1) is 0 Å². The monoisotopic (exact) mass is 424 g/mol. The number of ether oxygens (including phenoxy) is 1. The van der Waals surface area contributed by atoms with Crippen LogP contribution in [0.1, 0.15) is 39.1 Å². The largest absolute Gasteiger partial charge is 0.486 e. The summed E-state index contributed by atoms with van der Waals surface area (Å²) in [5, 5.41) is 12.1. The Morgan fingerprint density at radius 3 is 2.40 bits per heavy atom. The van der Waals surface area contributed by atoms with Gasteiger partial charge < -0.3 is 14.6 Å². The topological polar surface area (TPSA) is 69.0 Å². The number of thioether (sulfide) groups is 1. The maximum Gasteiger partial charge on any atom is 0.234 e. The Morgan fingerprint density at radius 2 is 1.77 bits per heavy atom. The maximum atomic E-state index is 12.2. The highest BCUT2D eigenvalue weighted by Gasteiger charge is 2.15. The van der Waals surface area contributed by atoms with E-state index in [9.17, 15) is 4.79 Å². The molecule has 0 radical (unpaired) electrons. The van der Waals surface area contributed by atoms with Gasteiger partial charge >= 0.3 is 0 Å². The predicted octanol–water partition coefficient (Wildman–Crippen LogP) is 4.91. The summed E-state index contributed by atoms with van der Waals surface area (Å²) in [5.74, 6) is 1.73. The van der Waals surface area contributed by atoms with E-state index in [1.165, 1.54) is 17.3 Å². The van der Waals surface area contributed by atoms with Gasteiger partial charge in [-0.1, -0.05) is 62.9 Å². The molecule has 0 saturated heterocycles. The number of benzene rings is 2. The molecule has 0 aliphatic carbocycles. The van der Waals surface area contributed by atoms with Gasteiger partial charge in [-0.3, -0.25) is 4.79 Å². The Morgan fingerprint density at radius 1 is 1.07 bits per heavy atom. The molecule has 0 fully saturated rings. The number of nitrogens with zero attached hydrogens (tertiary/aromatic N) is 3. The molecular formula is C23H28N4O2S. The van der Waals surface area contributed by atoms with Crippen molar-refractivity contribution in [1.82, 2.24) is 14.8 Å². The zero-order valence-electron chi connectivity index (χ0n) is 17.9. The molecule has 3 rings (SSSR count). The lowest BCUT2D eigenvalue weighted by Crippen LogP contribution is -2.14. The molecule has 1 heterocycles. The second kappa shape index (κ2) is 9.80. The van der Waals surface area contributed by atoms with Gasteiger partial charge in [-0.2, -0.15) is 0 Å². The molecule has 0 aliphatic rings. The lowest BCUT2D eigenvalue weighted by molar-refractivity contribution is -0.113. The zero-order chi connectivity index (χ0) is 21.6. The summed E-state index contributed by atoms with van der Waals surface area (Å²) in [6.07, 6.45) is 0. The highest BCUT2D eigenvalue weighted by Crippen LogP contribution is 2.25. The van der Waals surface area contributed by atoms with E-state index in [-0.39, 0.29) is 17.1 Å². The van der Waals surface area contributed by atoms with E-state index in [1.807, 2.05) is 54.0 Å². The third-order valence-electron chi connectivity index (χ3n) is 4.59. The van der Waals surface area contributed by atoms with Gasteiger partial charge in [0.15, 0.2) is 11.0 Å². The average Bonchev–Trinajstić information content (AvgIpc) is 3.13. The summed E-state index contributed by atoms with van der Waals surface area (Å²) >= 11 is 1.37. The first-order valence-corrected chi connectivity index (χ1v) is 11.0. The van der Waals surface area contributed by atoms with Crippen LogP contribution in [0.3, 0.4) is 0 Å². The van der Waals surface area contributed by atoms with E-state index in [4.69, 9.17) is 4.74 Å². The van der Waals surface area contributed by atoms with Crippen molar-refractivity contribution in [3.63, 3.8) is 0 Å². The van der Waals surface area contributed by atoms with Gasteiger partial charge in [0.05, 0.1) is 5.75 Å². The lowest BCUT2D eigenvalue weighted by Gasteiger charge is -2.19. The minimum Gasteiger partial charge on any atom is -0.486 e. The van der Waals surface area contributed by atoms with Crippen molar-refractivity contribution in [2.45, 2.75) is 51.4 Å². The van der Waals surface area contributed by atoms with Crippen molar-refractivity contribution in [1.29, 1.82) is 0 Å². The van der Waals surface area contributed by atoms with E-state index in [2.05, 4.69) is 48.4 Å². The highest BCUT2D eigenvalue weighted by atomic mass is 32.2.